The van der Waals surface area contributed by atoms with E-state index in [-0.39, 0.29) is 12.8 Å². The second-order valence-electron chi connectivity index (χ2n) is 14.4. The third-order valence-corrected chi connectivity index (χ3v) is 11.2. The van der Waals surface area contributed by atoms with Crippen molar-refractivity contribution >= 4 is 41.6 Å². The van der Waals surface area contributed by atoms with E-state index < -0.39 is 124 Å². The highest BCUT2D eigenvalue weighted by Gasteiger charge is 2.88. The van der Waals surface area contributed by atoms with Crippen LogP contribution < -0.4 is 0 Å². The molecule has 0 radical (unpaired) electrons. The van der Waals surface area contributed by atoms with Gasteiger partial charge in [0.05, 0.1) is 16.4 Å². The molecular weight excluding hydrogens is 636 g/mol. The molecule has 4 aliphatic rings. The fourth-order valence-electron chi connectivity index (χ4n) is 9.67. The fourth-order valence-corrected chi connectivity index (χ4v) is 9.67. The van der Waals surface area contributed by atoms with Crippen molar-refractivity contribution in [1.82, 2.24) is 0 Å². The molecule has 0 aromatic heterocycles. The summed E-state index contributed by atoms with van der Waals surface area (Å²) in [6.45, 7) is 12.3. The molecule has 15 nitrogen and oxygen atoms in total. The van der Waals surface area contributed by atoms with Gasteiger partial charge in [0.2, 0.25) is 0 Å². The average Bonchev–Trinajstić information content (AvgIpc) is 3.16. The molecule has 12 unspecified atom stereocenters. The second kappa shape index (κ2) is 12.1. The van der Waals surface area contributed by atoms with E-state index in [1.54, 1.807) is 0 Å². The molecule has 0 heterocycles. The standard InChI is InChI=1S/C33H46O15/c1-11-23(40)47-25-19-12-20(43-14(2)34)24-30(9,41)21-13-22(39)29(7,8)33(21,42)27(45-16(4)36)26(44-15(3)35)32(24,25)28(46-17(5)37)31(19,10)48-18(6)38/h19-21,24-28,41-42H,11-13H2,1-10H3. The predicted octanol–water partition coefficient (Wildman–Crippen LogP) is 1.10. The molecule has 4 saturated carbocycles. The van der Waals surface area contributed by atoms with E-state index in [1.165, 1.54) is 34.6 Å². The highest BCUT2D eigenvalue weighted by molar-refractivity contribution is 5.89. The summed E-state index contributed by atoms with van der Waals surface area (Å²) in [5, 5.41) is 25.9. The normalized spacial score (nSPS) is 42.3. The Hall–Kier alpha value is -3.59. The van der Waals surface area contributed by atoms with E-state index in [9.17, 15) is 43.8 Å². The zero-order valence-electron chi connectivity index (χ0n) is 28.9. The SMILES string of the molecule is CCC(=O)OC1C2CC(OC(C)=O)C3C(C)(O)C4CC(=O)C(C)(C)C4(O)C(OC(C)=O)C(OC(C)=O)C13C(OC(C)=O)C2(C)OC(C)=O. The predicted molar refractivity (Wildman–Crippen MR) is 159 cm³/mol. The van der Waals surface area contributed by atoms with Gasteiger partial charge in [0.15, 0.2) is 23.9 Å². The molecule has 0 aromatic carbocycles. The number of aliphatic hydroxyl groups is 2. The first-order valence-corrected chi connectivity index (χ1v) is 16.0. The molecule has 2 bridgehead atoms. The van der Waals surface area contributed by atoms with Crippen molar-refractivity contribution in [1.29, 1.82) is 0 Å². The number of hydrogen-bond acceptors (Lipinski definition) is 15. The van der Waals surface area contributed by atoms with E-state index in [1.807, 2.05) is 0 Å². The van der Waals surface area contributed by atoms with Crippen LogP contribution >= 0.6 is 0 Å². The van der Waals surface area contributed by atoms with Gasteiger partial charge in [-0.25, -0.2) is 0 Å². The van der Waals surface area contributed by atoms with Gasteiger partial charge in [0.1, 0.15) is 23.6 Å². The Morgan fingerprint density at radius 1 is 0.729 bits per heavy atom. The summed E-state index contributed by atoms with van der Waals surface area (Å²) >= 11 is 0. The first-order chi connectivity index (χ1) is 21.9. The maximum Gasteiger partial charge on any atom is 0.305 e. The summed E-state index contributed by atoms with van der Waals surface area (Å²) in [6.07, 6.45) is -9.53. The lowest BCUT2D eigenvalue weighted by atomic mass is 9.54. The Bertz CT molecular complexity index is 1420. The summed E-state index contributed by atoms with van der Waals surface area (Å²) < 4.78 is 35.8. The Kier molecular flexibility index (Phi) is 9.37. The zero-order valence-corrected chi connectivity index (χ0v) is 28.9. The topological polar surface area (TPSA) is 215 Å². The van der Waals surface area contributed by atoms with Gasteiger partial charge in [-0.3, -0.25) is 33.6 Å². The number of esters is 6. The Labute approximate surface area is 278 Å². The minimum absolute atomic E-state index is 0.171. The van der Waals surface area contributed by atoms with Crippen molar-refractivity contribution in [2.24, 2.45) is 28.6 Å². The maximum absolute atomic E-state index is 13.7. The summed E-state index contributed by atoms with van der Waals surface area (Å²) in [5.74, 6) is -10.1. The van der Waals surface area contributed by atoms with Gasteiger partial charge in [-0.1, -0.05) is 6.92 Å². The lowest BCUT2D eigenvalue weighted by Crippen LogP contribution is -2.70. The number of rotatable bonds is 7. The molecule has 4 aliphatic carbocycles. The summed E-state index contributed by atoms with van der Waals surface area (Å²) in [6, 6.07) is 0. The molecule has 0 saturated heterocycles. The molecule has 268 valence electrons. The van der Waals surface area contributed by atoms with Crippen LogP contribution in [0.2, 0.25) is 0 Å². The van der Waals surface area contributed by atoms with Gasteiger partial charge in [-0.2, -0.15) is 0 Å². The molecule has 15 heteroatoms. The van der Waals surface area contributed by atoms with Crippen LogP contribution in [0.15, 0.2) is 0 Å². The van der Waals surface area contributed by atoms with Gasteiger partial charge in [0.25, 0.3) is 0 Å². The first kappa shape index (κ1) is 37.2. The Morgan fingerprint density at radius 3 is 1.73 bits per heavy atom. The van der Waals surface area contributed by atoms with Gasteiger partial charge in [-0.15, -0.1) is 0 Å². The third-order valence-electron chi connectivity index (χ3n) is 11.2. The van der Waals surface area contributed by atoms with E-state index >= 15 is 0 Å². The highest BCUT2D eigenvalue weighted by atomic mass is 16.6. The first-order valence-electron chi connectivity index (χ1n) is 16.0. The number of fused-ring (bicyclic) bond motifs is 2. The smallest absolute Gasteiger partial charge is 0.305 e. The monoisotopic (exact) mass is 682 g/mol. The van der Waals surface area contributed by atoms with Gasteiger partial charge < -0.3 is 38.6 Å². The van der Waals surface area contributed by atoms with Crippen LogP contribution in [-0.4, -0.2) is 99.1 Å². The number of ketones is 1. The van der Waals surface area contributed by atoms with E-state index in [2.05, 4.69) is 0 Å². The van der Waals surface area contributed by atoms with Crippen LogP contribution in [-0.2, 0) is 62.0 Å². The number of Topliss-reactive ketones (excluding diaryl/α,β-unsaturated/α-hetero) is 1. The number of carbonyl (C=O) groups excluding carboxylic acids is 7. The van der Waals surface area contributed by atoms with Crippen LogP contribution in [0.25, 0.3) is 0 Å². The molecule has 4 rings (SSSR count). The quantitative estimate of drug-likeness (QED) is 0.284. The van der Waals surface area contributed by atoms with Crippen molar-refractivity contribution in [3.8, 4) is 0 Å². The number of hydrogen-bond donors (Lipinski definition) is 2. The van der Waals surface area contributed by atoms with Gasteiger partial charge >= 0.3 is 35.8 Å². The molecule has 0 aliphatic heterocycles. The van der Waals surface area contributed by atoms with Crippen LogP contribution in [0.4, 0.5) is 0 Å². The van der Waals surface area contributed by atoms with Crippen molar-refractivity contribution < 1.29 is 72.2 Å². The molecule has 4 fully saturated rings. The molecule has 2 N–H and O–H groups in total. The van der Waals surface area contributed by atoms with Gasteiger partial charge in [0, 0.05) is 65.2 Å². The second-order valence-corrected chi connectivity index (χ2v) is 14.4. The molecule has 12 atom stereocenters. The van der Waals surface area contributed by atoms with Gasteiger partial charge in [-0.05, 0) is 34.1 Å². The van der Waals surface area contributed by atoms with Crippen molar-refractivity contribution in [3.63, 3.8) is 0 Å². The van der Waals surface area contributed by atoms with Crippen LogP contribution in [0.1, 0.15) is 88.5 Å². The van der Waals surface area contributed by atoms with Crippen molar-refractivity contribution in [3.05, 3.63) is 0 Å². The Morgan fingerprint density at radius 2 is 1.25 bits per heavy atom. The summed E-state index contributed by atoms with van der Waals surface area (Å²) in [7, 11) is 0. The maximum atomic E-state index is 13.7. The van der Waals surface area contributed by atoms with Crippen LogP contribution in [0, 0.1) is 28.6 Å². The zero-order chi connectivity index (χ0) is 36.5. The molecule has 48 heavy (non-hydrogen) atoms. The van der Waals surface area contributed by atoms with E-state index in [4.69, 9.17) is 28.4 Å². The molecule has 1 spiro atoms. The summed E-state index contributed by atoms with van der Waals surface area (Å²) in [5.41, 5.74) is -10.8. The van der Waals surface area contributed by atoms with E-state index in [0.29, 0.717) is 0 Å². The third kappa shape index (κ3) is 5.19. The molecule has 0 aromatic rings. The largest absolute Gasteiger partial charge is 0.462 e. The molecular formula is C33H46O15. The van der Waals surface area contributed by atoms with E-state index in [0.717, 1.165) is 34.6 Å². The Balaban J connectivity index is 2.31. The fraction of sp³-hybridized carbons (Fsp3) is 0.788. The number of ether oxygens (including phenoxy) is 6. The van der Waals surface area contributed by atoms with Crippen molar-refractivity contribution in [2.45, 2.75) is 136 Å². The number of carbonyl (C=O) groups is 7. The average molecular weight is 683 g/mol. The van der Waals surface area contributed by atoms with Crippen molar-refractivity contribution in [2.75, 3.05) is 0 Å². The van der Waals surface area contributed by atoms with Crippen LogP contribution in [0.5, 0.6) is 0 Å². The minimum Gasteiger partial charge on any atom is -0.462 e. The molecule has 0 amide bonds. The highest BCUT2D eigenvalue weighted by Crippen LogP contribution is 2.72. The summed E-state index contributed by atoms with van der Waals surface area (Å²) in [4.78, 5) is 91.5. The lowest BCUT2D eigenvalue weighted by molar-refractivity contribution is -0.266. The van der Waals surface area contributed by atoms with Crippen LogP contribution in [0.3, 0.4) is 0 Å². The minimum atomic E-state index is -2.50. The lowest BCUT2D eigenvalue weighted by Gasteiger charge is -2.56.